The van der Waals surface area contributed by atoms with Gasteiger partial charge in [-0.1, -0.05) is 54.1 Å². The van der Waals surface area contributed by atoms with Crippen molar-refractivity contribution in [2.75, 3.05) is 0 Å². The highest BCUT2D eigenvalue weighted by molar-refractivity contribution is 7.89. The van der Waals surface area contributed by atoms with Gasteiger partial charge in [-0.25, -0.2) is 27.2 Å². The lowest BCUT2D eigenvalue weighted by Crippen LogP contribution is -2.44. The van der Waals surface area contributed by atoms with Crippen LogP contribution in [0.15, 0.2) is 72.1 Å². The van der Waals surface area contributed by atoms with E-state index >= 15 is 0 Å². The topological polar surface area (TPSA) is 84.0 Å². The second kappa shape index (κ2) is 9.39. The first-order chi connectivity index (χ1) is 15.5. The van der Waals surface area contributed by atoms with Crippen molar-refractivity contribution in [2.45, 2.75) is 63.1 Å². The number of hydrogen-bond donors (Lipinski definition) is 0. The molecule has 2 aromatic carbocycles. The average Bonchev–Trinajstić information content (AvgIpc) is 3.04. The Morgan fingerprint density at radius 1 is 1.09 bits per heavy atom. The lowest BCUT2D eigenvalue weighted by molar-refractivity contribution is 0.0287. The molecule has 0 N–H and O–H groups in total. The molecule has 0 radical (unpaired) electrons. The van der Waals surface area contributed by atoms with E-state index in [-0.39, 0.29) is 4.90 Å². The zero-order valence-electron chi connectivity index (χ0n) is 19.4. The van der Waals surface area contributed by atoms with E-state index in [1.807, 2.05) is 37.3 Å². The van der Waals surface area contributed by atoms with Crippen molar-refractivity contribution in [3.05, 3.63) is 78.4 Å². The van der Waals surface area contributed by atoms with Gasteiger partial charge >= 0.3 is 12.1 Å². The average molecular weight is 471 g/mol. The Kier molecular flexibility index (Phi) is 6.97. The van der Waals surface area contributed by atoms with Crippen molar-refractivity contribution in [1.82, 2.24) is 9.21 Å². The minimum Gasteiger partial charge on any atom is -0.443 e. The van der Waals surface area contributed by atoms with Crippen LogP contribution in [0.2, 0.25) is 0 Å². The highest BCUT2D eigenvalue weighted by Crippen LogP contribution is 2.34. The molecule has 3 rings (SSSR count). The second-order valence-corrected chi connectivity index (χ2v) is 10.9. The number of rotatable bonds is 6. The quantitative estimate of drug-likeness (QED) is 0.560. The fraction of sp³-hybridized carbons (Fsp3) is 0.360. The first-order valence-electron chi connectivity index (χ1n) is 10.8. The standard InChI is InChI=1S/C25H30N2O5S/c1-6-21-22(17-14-19-10-8-7-9-11-19)26(24(29)32-25(3,4)5)23(28)27(21)33(30,31)20-15-12-18(2)13-16-20/h6-13,15-16,21-22H,1,14,17H2,2-5H3. The van der Waals surface area contributed by atoms with E-state index in [9.17, 15) is 18.0 Å². The van der Waals surface area contributed by atoms with Crippen molar-refractivity contribution in [3.8, 4) is 0 Å². The van der Waals surface area contributed by atoms with Crippen molar-refractivity contribution in [1.29, 1.82) is 0 Å². The van der Waals surface area contributed by atoms with Crippen LogP contribution >= 0.6 is 0 Å². The summed E-state index contributed by atoms with van der Waals surface area (Å²) in [5, 5.41) is 0. The van der Waals surface area contributed by atoms with Crippen molar-refractivity contribution in [3.63, 3.8) is 0 Å². The molecule has 2 aromatic rings. The van der Waals surface area contributed by atoms with E-state index in [4.69, 9.17) is 4.74 Å². The van der Waals surface area contributed by atoms with Crippen molar-refractivity contribution >= 4 is 22.1 Å². The summed E-state index contributed by atoms with van der Waals surface area (Å²) in [4.78, 5) is 27.4. The Bertz CT molecular complexity index is 1120. The largest absolute Gasteiger partial charge is 0.443 e. The maximum atomic E-state index is 13.5. The van der Waals surface area contributed by atoms with Gasteiger partial charge in [0.2, 0.25) is 0 Å². The van der Waals surface area contributed by atoms with Crippen LogP contribution in [0.25, 0.3) is 0 Å². The van der Waals surface area contributed by atoms with Gasteiger partial charge < -0.3 is 4.74 Å². The van der Waals surface area contributed by atoms with Crippen LogP contribution in [0.4, 0.5) is 9.59 Å². The fourth-order valence-electron chi connectivity index (χ4n) is 3.81. The van der Waals surface area contributed by atoms with Gasteiger partial charge in [0.1, 0.15) is 5.60 Å². The molecule has 2 atom stereocenters. The molecule has 0 spiro atoms. The Morgan fingerprint density at radius 3 is 2.24 bits per heavy atom. The van der Waals surface area contributed by atoms with Crippen LogP contribution in [-0.2, 0) is 21.2 Å². The van der Waals surface area contributed by atoms with Gasteiger partial charge in [0.15, 0.2) is 0 Å². The third-order valence-corrected chi connectivity index (χ3v) is 7.16. The van der Waals surface area contributed by atoms with E-state index < -0.39 is 39.8 Å². The number of imide groups is 1. The Hall–Kier alpha value is -3.13. The minimum atomic E-state index is -4.23. The molecular formula is C25H30N2O5S. The molecule has 0 saturated carbocycles. The van der Waals surface area contributed by atoms with Gasteiger partial charge in [0, 0.05) is 0 Å². The molecule has 1 saturated heterocycles. The zero-order valence-corrected chi connectivity index (χ0v) is 20.2. The van der Waals surface area contributed by atoms with Gasteiger partial charge in [-0.2, -0.15) is 0 Å². The van der Waals surface area contributed by atoms with E-state index in [2.05, 4.69) is 6.58 Å². The lowest BCUT2D eigenvalue weighted by atomic mass is 10.00. The van der Waals surface area contributed by atoms with Gasteiger partial charge in [-0.3, -0.25) is 0 Å². The van der Waals surface area contributed by atoms with Gasteiger partial charge in [0.25, 0.3) is 10.0 Å². The number of urea groups is 1. The maximum Gasteiger partial charge on any atom is 0.418 e. The molecule has 3 amide bonds. The highest BCUT2D eigenvalue weighted by atomic mass is 32.2. The Balaban J connectivity index is 2.02. The van der Waals surface area contributed by atoms with E-state index in [0.717, 1.165) is 20.3 Å². The van der Waals surface area contributed by atoms with Gasteiger partial charge in [-0.15, -0.1) is 6.58 Å². The van der Waals surface area contributed by atoms with E-state index in [1.54, 1.807) is 32.9 Å². The molecule has 33 heavy (non-hydrogen) atoms. The number of amides is 3. The first-order valence-corrected chi connectivity index (χ1v) is 12.2. The molecule has 1 aliphatic rings. The molecule has 0 bridgehead atoms. The zero-order chi connectivity index (χ0) is 24.4. The number of carbonyl (C=O) groups is 2. The molecule has 2 unspecified atom stereocenters. The third kappa shape index (κ3) is 5.27. The molecule has 8 heteroatoms. The van der Waals surface area contributed by atoms with Crippen LogP contribution in [0, 0.1) is 6.92 Å². The minimum absolute atomic E-state index is 0.0267. The molecule has 0 aliphatic carbocycles. The Labute approximate surface area is 195 Å². The SMILES string of the molecule is C=CC1C(CCc2ccccc2)N(C(=O)OC(C)(C)C)C(=O)N1S(=O)(=O)c1ccc(C)cc1. The van der Waals surface area contributed by atoms with Gasteiger partial charge in [0.05, 0.1) is 17.0 Å². The summed E-state index contributed by atoms with van der Waals surface area (Å²) >= 11 is 0. The number of ether oxygens (including phenoxy) is 1. The van der Waals surface area contributed by atoms with E-state index in [0.29, 0.717) is 12.8 Å². The maximum absolute atomic E-state index is 13.5. The number of carbonyl (C=O) groups excluding carboxylic acids is 2. The highest BCUT2D eigenvalue weighted by Gasteiger charge is 2.53. The predicted octanol–water partition coefficient (Wildman–Crippen LogP) is 4.91. The molecular weight excluding hydrogens is 440 g/mol. The molecule has 7 nitrogen and oxygen atoms in total. The summed E-state index contributed by atoms with van der Waals surface area (Å²) in [7, 11) is -4.23. The van der Waals surface area contributed by atoms with Crippen LogP contribution in [-0.4, -0.2) is 47.4 Å². The summed E-state index contributed by atoms with van der Waals surface area (Å²) in [6.07, 6.45) is 1.43. The van der Waals surface area contributed by atoms with Crippen LogP contribution in [0.1, 0.15) is 38.3 Å². The van der Waals surface area contributed by atoms with Gasteiger partial charge in [-0.05, 0) is 58.2 Å². The summed E-state index contributed by atoms with van der Waals surface area (Å²) in [5.41, 5.74) is 1.05. The van der Waals surface area contributed by atoms with E-state index in [1.165, 1.54) is 18.2 Å². The summed E-state index contributed by atoms with van der Waals surface area (Å²) < 4.78 is 33.2. The van der Waals surface area contributed by atoms with Crippen molar-refractivity contribution in [2.24, 2.45) is 0 Å². The molecule has 176 valence electrons. The third-order valence-electron chi connectivity index (χ3n) is 5.37. The molecule has 1 aliphatic heterocycles. The summed E-state index contributed by atoms with van der Waals surface area (Å²) in [6.45, 7) is 10.7. The smallest absolute Gasteiger partial charge is 0.418 e. The molecule has 1 heterocycles. The van der Waals surface area contributed by atoms with Crippen LogP contribution < -0.4 is 0 Å². The normalized spacial score (nSPS) is 19.0. The molecule has 0 aromatic heterocycles. The number of sulfonamides is 1. The lowest BCUT2D eigenvalue weighted by Gasteiger charge is -2.27. The monoisotopic (exact) mass is 470 g/mol. The molecule has 1 fully saturated rings. The summed E-state index contributed by atoms with van der Waals surface area (Å²) in [5.74, 6) is 0. The summed E-state index contributed by atoms with van der Waals surface area (Å²) in [6, 6.07) is 13.2. The van der Waals surface area contributed by atoms with Crippen LogP contribution in [0.3, 0.4) is 0 Å². The Morgan fingerprint density at radius 2 is 1.70 bits per heavy atom. The number of nitrogens with zero attached hydrogens (tertiary/aromatic N) is 2. The second-order valence-electron chi connectivity index (χ2n) is 9.06. The number of aryl methyl sites for hydroxylation is 2. The fourth-order valence-corrected chi connectivity index (χ4v) is 5.36. The van der Waals surface area contributed by atoms with Crippen LogP contribution in [0.5, 0.6) is 0 Å². The number of benzene rings is 2. The predicted molar refractivity (Wildman–Crippen MR) is 126 cm³/mol. The van der Waals surface area contributed by atoms with Crippen molar-refractivity contribution < 1.29 is 22.7 Å². The number of hydrogen-bond acceptors (Lipinski definition) is 5. The first kappa shape index (κ1) is 24.5.